The van der Waals surface area contributed by atoms with E-state index < -0.39 is 17.5 Å². The number of unbranched alkanes of at least 4 members (excludes halogenated alkanes) is 1. The van der Waals surface area contributed by atoms with Gasteiger partial charge in [0.05, 0.1) is 24.8 Å². The third kappa shape index (κ3) is 10.4. The predicted molar refractivity (Wildman–Crippen MR) is 175 cm³/mol. The van der Waals surface area contributed by atoms with Gasteiger partial charge < -0.3 is 25.7 Å². The minimum absolute atomic E-state index is 0.0392. The smallest absolute Gasteiger partial charge is 0.426 e. The number of halogens is 2. The molecule has 0 heterocycles. The van der Waals surface area contributed by atoms with E-state index in [2.05, 4.69) is 6.92 Å². The first-order chi connectivity index (χ1) is 22.0. The van der Waals surface area contributed by atoms with Gasteiger partial charge in [0, 0.05) is 29.3 Å². The molecule has 238 valence electrons. The molecule has 46 heavy (non-hydrogen) atoms. The van der Waals surface area contributed by atoms with Crippen LogP contribution < -0.4 is 20.9 Å². The van der Waals surface area contributed by atoms with Crippen molar-refractivity contribution in [2.75, 3.05) is 24.7 Å². The van der Waals surface area contributed by atoms with Gasteiger partial charge in [0.2, 0.25) is 0 Å². The summed E-state index contributed by atoms with van der Waals surface area (Å²) in [4.78, 5) is 12.7. The molecule has 4 rings (SSSR count). The molecule has 0 amide bonds. The van der Waals surface area contributed by atoms with Gasteiger partial charge in [-0.2, -0.15) is 14.0 Å². The summed E-state index contributed by atoms with van der Waals surface area (Å²) >= 11 is 0. The summed E-state index contributed by atoms with van der Waals surface area (Å²) in [6, 6.07) is 28.6. The Kier molecular flexibility index (Phi) is 11.4. The zero-order valence-corrected chi connectivity index (χ0v) is 25.6. The van der Waals surface area contributed by atoms with Crippen LogP contribution in [-0.4, -0.2) is 19.2 Å². The maximum absolute atomic E-state index is 14.8. The fraction of sp³-hybridized carbons (Fsp3) is 0.243. The van der Waals surface area contributed by atoms with E-state index in [1.807, 2.05) is 54.6 Å². The Morgan fingerprint density at radius 1 is 0.826 bits per heavy atom. The first-order valence-electron chi connectivity index (χ1n) is 14.8. The summed E-state index contributed by atoms with van der Waals surface area (Å²) in [5.74, 6) is -0.131. The van der Waals surface area contributed by atoms with Gasteiger partial charge in [-0.05, 0) is 103 Å². The van der Waals surface area contributed by atoms with Gasteiger partial charge in [-0.15, -0.1) is 0 Å². The molecule has 4 aromatic carbocycles. The van der Waals surface area contributed by atoms with Crippen LogP contribution in [0, 0.1) is 16.7 Å². The second-order valence-corrected chi connectivity index (χ2v) is 11.4. The van der Waals surface area contributed by atoms with E-state index in [-0.39, 0.29) is 17.9 Å². The average Bonchev–Trinajstić information content (AvgIpc) is 3.04. The number of carbonyl (C=O) groups excluding carboxylic acids is 1. The Morgan fingerprint density at radius 3 is 1.91 bits per heavy atom. The quantitative estimate of drug-likeness (QED) is 0.0601. The average molecular weight is 626 g/mol. The van der Waals surface area contributed by atoms with Gasteiger partial charge in [0.25, 0.3) is 0 Å². The lowest BCUT2D eigenvalue weighted by Crippen LogP contribution is -2.30. The fourth-order valence-corrected chi connectivity index (χ4v) is 4.82. The number of carbonyl (C=O) groups is 1. The highest BCUT2D eigenvalue weighted by Crippen LogP contribution is 2.33. The van der Waals surface area contributed by atoms with Crippen LogP contribution in [0.5, 0.6) is 11.5 Å². The van der Waals surface area contributed by atoms with Crippen molar-refractivity contribution in [2.45, 2.75) is 38.7 Å². The highest BCUT2D eigenvalue weighted by Gasteiger charge is 2.34. The number of nitrogens with two attached hydrogens (primary N) is 2. The molecule has 0 saturated carbocycles. The van der Waals surface area contributed by atoms with Gasteiger partial charge >= 0.3 is 12.1 Å². The van der Waals surface area contributed by atoms with Gasteiger partial charge in [0.15, 0.2) is 0 Å². The monoisotopic (exact) mass is 625 g/mol. The summed E-state index contributed by atoms with van der Waals surface area (Å²) in [6.07, 6.45) is 1.51. The summed E-state index contributed by atoms with van der Waals surface area (Å²) in [5, 5.41) is 8.58. The van der Waals surface area contributed by atoms with E-state index in [0.29, 0.717) is 55.0 Å². The van der Waals surface area contributed by atoms with Gasteiger partial charge in [-0.3, -0.25) is 0 Å². The number of alkyl halides is 2. The predicted octanol–water partition coefficient (Wildman–Crippen LogP) is 7.71. The number of hydrogen-bond acceptors (Lipinski definition) is 7. The largest absolute Gasteiger partial charge is 0.494 e. The molecule has 0 fully saturated rings. The highest BCUT2D eigenvalue weighted by atomic mass is 19.3. The van der Waals surface area contributed by atoms with Crippen molar-refractivity contribution in [3.05, 3.63) is 125 Å². The molecule has 9 heteroatoms. The van der Waals surface area contributed by atoms with E-state index in [9.17, 15) is 13.6 Å². The lowest BCUT2D eigenvalue weighted by Gasteiger charge is -2.29. The second-order valence-electron chi connectivity index (χ2n) is 11.4. The third-order valence-corrected chi connectivity index (χ3v) is 7.21. The molecule has 0 radical (unpaired) electrons. The Labute approximate surface area is 268 Å². The normalized spacial score (nSPS) is 11.6. The molecule has 0 aliphatic rings. The topological polar surface area (TPSA) is 121 Å². The molecule has 0 aromatic heterocycles. The van der Waals surface area contributed by atoms with Crippen molar-refractivity contribution < 1.29 is 27.8 Å². The molecule has 0 aliphatic carbocycles. The zero-order valence-electron chi connectivity index (χ0n) is 25.6. The summed E-state index contributed by atoms with van der Waals surface area (Å²) in [6.45, 7) is 2.56. The van der Waals surface area contributed by atoms with Crippen LogP contribution in [-0.2, 0) is 28.5 Å². The molecule has 4 N–H and O–H groups in total. The molecule has 7 nitrogen and oxygen atoms in total. The number of nitrogens with zero attached hydrogens (tertiary/aromatic N) is 1. The minimum atomic E-state index is -3.58. The molecule has 0 spiro atoms. The summed E-state index contributed by atoms with van der Waals surface area (Å²) in [5.41, 5.74) is 15.1. The maximum atomic E-state index is 14.8. The van der Waals surface area contributed by atoms with E-state index in [1.54, 1.807) is 18.2 Å². The Hall–Kier alpha value is -5.36. The van der Waals surface area contributed by atoms with Gasteiger partial charge in [-0.1, -0.05) is 43.3 Å². The van der Waals surface area contributed by atoms with Crippen LogP contribution in [0.4, 0.5) is 20.2 Å². The molecule has 4 aromatic rings. The van der Waals surface area contributed by atoms with Gasteiger partial charge in [0.1, 0.15) is 11.5 Å². The number of hydrogen-bond donors (Lipinski definition) is 2. The summed E-state index contributed by atoms with van der Waals surface area (Å²) < 4.78 is 45.7. The van der Waals surface area contributed by atoms with E-state index in [4.69, 9.17) is 30.9 Å². The van der Waals surface area contributed by atoms with Crippen molar-refractivity contribution in [2.24, 2.45) is 5.41 Å². The van der Waals surface area contributed by atoms with Crippen molar-refractivity contribution in [3.63, 3.8) is 0 Å². The number of ether oxygens (including phenoxy) is 3. The first kappa shape index (κ1) is 33.5. The molecule has 0 unspecified atom stereocenters. The lowest BCUT2D eigenvalue weighted by atomic mass is 9.79. The van der Waals surface area contributed by atoms with Crippen LogP contribution in [0.1, 0.15) is 42.0 Å². The highest BCUT2D eigenvalue weighted by molar-refractivity contribution is 5.87. The molecular weight excluding hydrogens is 588 g/mol. The zero-order chi connectivity index (χ0) is 33.0. The van der Waals surface area contributed by atoms with Crippen LogP contribution in [0.2, 0.25) is 0 Å². The Morgan fingerprint density at radius 2 is 1.37 bits per heavy atom. The van der Waals surface area contributed by atoms with Crippen molar-refractivity contribution in [1.82, 2.24) is 0 Å². The summed E-state index contributed by atoms with van der Waals surface area (Å²) in [7, 11) is 0. The molecule has 0 saturated heterocycles. The minimum Gasteiger partial charge on any atom is -0.494 e. The molecule has 0 atom stereocenters. The third-order valence-electron chi connectivity index (χ3n) is 7.21. The number of rotatable bonds is 15. The number of benzene rings is 4. The molecular formula is C37H37F2N3O4. The van der Waals surface area contributed by atoms with Crippen LogP contribution in [0.15, 0.2) is 103 Å². The standard InChI is InChI=1S/C37H37F2N3O4/c1-36(24-28-4-13-31(41)14-5-28,25-29-6-15-32(42)16-7-29)26-45-35(43)21-10-27-8-17-34(18-9-27)46-37(38,39)30-11-19-33(20-12-30)44-23-3-2-22-40/h4-21H,2-3,23-26,41-42H2,1H3/b21-10+. The van der Waals surface area contributed by atoms with E-state index >= 15 is 0 Å². The van der Waals surface area contributed by atoms with Crippen LogP contribution >= 0.6 is 0 Å². The van der Waals surface area contributed by atoms with Crippen LogP contribution in [0.3, 0.4) is 0 Å². The number of nitrogen functional groups attached to an aromatic ring is 2. The van der Waals surface area contributed by atoms with Gasteiger partial charge in [-0.25, -0.2) is 4.79 Å². The number of anilines is 2. The van der Waals surface area contributed by atoms with Crippen molar-refractivity contribution in [3.8, 4) is 17.6 Å². The van der Waals surface area contributed by atoms with Crippen LogP contribution in [0.25, 0.3) is 6.08 Å². The first-order valence-corrected chi connectivity index (χ1v) is 14.8. The van der Waals surface area contributed by atoms with E-state index in [1.165, 1.54) is 42.5 Å². The lowest BCUT2D eigenvalue weighted by molar-refractivity contribution is -0.185. The molecule has 0 bridgehead atoms. The van der Waals surface area contributed by atoms with Crippen molar-refractivity contribution >= 4 is 23.4 Å². The fourth-order valence-electron chi connectivity index (χ4n) is 4.82. The number of nitriles is 1. The second kappa shape index (κ2) is 15.6. The van der Waals surface area contributed by atoms with E-state index in [0.717, 1.165) is 11.1 Å². The Bertz CT molecular complexity index is 1580. The van der Waals surface area contributed by atoms with Crippen molar-refractivity contribution in [1.29, 1.82) is 5.26 Å². The number of esters is 1. The Balaban J connectivity index is 1.33. The maximum Gasteiger partial charge on any atom is 0.426 e. The molecule has 0 aliphatic heterocycles. The SMILES string of the molecule is CC(COC(=O)/C=C/c1ccc(OC(F)(F)c2ccc(OCCCC#N)cc2)cc1)(Cc1ccc(N)cc1)Cc1ccc(N)cc1.